The number of amides is 1. The lowest BCUT2D eigenvalue weighted by Gasteiger charge is -2.06. The quantitative estimate of drug-likeness (QED) is 0.855. The summed E-state index contributed by atoms with van der Waals surface area (Å²) < 4.78 is 0. The summed E-state index contributed by atoms with van der Waals surface area (Å²) >= 11 is 1.52. The van der Waals surface area contributed by atoms with Crippen LogP contribution >= 0.6 is 11.3 Å². The van der Waals surface area contributed by atoms with Crippen molar-refractivity contribution in [2.75, 3.05) is 11.9 Å². The Hall–Kier alpha value is -2.09. The Morgan fingerprint density at radius 3 is 2.76 bits per heavy atom. The molecule has 0 aliphatic heterocycles. The molecule has 3 nitrogen and oxygen atoms in total. The minimum atomic E-state index is -0.157. The number of thiophene rings is 1. The molecule has 4 heteroatoms. The van der Waals surface area contributed by atoms with Crippen LogP contribution in [0.1, 0.15) is 32.6 Å². The molecule has 0 saturated carbocycles. The second-order valence-electron chi connectivity index (χ2n) is 4.56. The van der Waals surface area contributed by atoms with Crippen LogP contribution in [0.4, 0.5) is 5.69 Å². The van der Waals surface area contributed by atoms with E-state index in [-0.39, 0.29) is 12.5 Å². The Kier molecular flexibility index (Phi) is 5.15. The van der Waals surface area contributed by atoms with E-state index in [1.165, 1.54) is 16.2 Å². The van der Waals surface area contributed by atoms with Crippen LogP contribution in [-0.4, -0.2) is 17.6 Å². The SMILES string of the molecule is CCc1ccc(C(=O)Nc2ccc(C#CCO)c(C)c2)s1. The summed E-state index contributed by atoms with van der Waals surface area (Å²) in [7, 11) is 0. The van der Waals surface area contributed by atoms with Crippen LogP contribution in [0.3, 0.4) is 0 Å². The number of rotatable bonds is 3. The molecule has 0 aliphatic rings. The number of nitrogens with one attached hydrogen (secondary N) is 1. The molecule has 2 rings (SSSR count). The fourth-order valence-electron chi connectivity index (χ4n) is 1.90. The highest BCUT2D eigenvalue weighted by atomic mass is 32.1. The number of aliphatic hydroxyl groups is 1. The smallest absolute Gasteiger partial charge is 0.265 e. The summed E-state index contributed by atoms with van der Waals surface area (Å²) in [5, 5.41) is 11.6. The van der Waals surface area contributed by atoms with Gasteiger partial charge in [0.15, 0.2) is 0 Å². The van der Waals surface area contributed by atoms with E-state index in [1.54, 1.807) is 0 Å². The van der Waals surface area contributed by atoms with E-state index >= 15 is 0 Å². The topological polar surface area (TPSA) is 49.3 Å². The van der Waals surface area contributed by atoms with Crippen molar-refractivity contribution in [3.63, 3.8) is 0 Å². The van der Waals surface area contributed by atoms with E-state index in [0.29, 0.717) is 4.88 Å². The summed E-state index contributed by atoms with van der Waals surface area (Å²) in [5.41, 5.74) is 2.57. The van der Waals surface area contributed by atoms with Crippen LogP contribution in [0.15, 0.2) is 30.3 Å². The number of hydrogen-bond donors (Lipinski definition) is 2. The molecular formula is C17H17NO2S. The van der Waals surface area contributed by atoms with E-state index in [1.807, 2.05) is 37.3 Å². The molecule has 0 spiro atoms. The average Bonchev–Trinajstić information content (AvgIpc) is 2.95. The Morgan fingerprint density at radius 1 is 1.33 bits per heavy atom. The molecule has 0 atom stereocenters. The Labute approximate surface area is 128 Å². The zero-order chi connectivity index (χ0) is 15.2. The van der Waals surface area contributed by atoms with Crippen LogP contribution in [0, 0.1) is 18.8 Å². The number of carbonyl (C=O) groups excluding carboxylic acids is 1. The van der Waals surface area contributed by atoms with Gasteiger partial charge in [-0.3, -0.25) is 4.79 Å². The van der Waals surface area contributed by atoms with Crippen molar-refractivity contribution < 1.29 is 9.90 Å². The van der Waals surface area contributed by atoms with Gasteiger partial charge < -0.3 is 10.4 Å². The van der Waals surface area contributed by atoms with Crippen LogP contribution in [0.25, 0.3) is 0 Å². The fraction of sp³-hybridized carbons (Fsp3) is 0.235. The van der Waals surface area contributed by atoms with E-state index < -0.39 is 0 Å². The first-order valence-corrected chi connectivity index (χ1v) is 7.56. The molecule has 0 bridgehead atoms. The molecule has 0 fully saturated rings. The van der Waals surface area contributed by atoms with Crippen molar-refractivity contribution in [3.8, 4) is 11.8 Å². The van der Waals surface area contributed by atoms with Crippen LogP contribution in [0.5, 0.6) is 0 Å². The molecule has 21 heavy (non-hydrogen) atoms. The molecule has 1 amide bonds. The van der Waals surface area contributed by atoms with Crippen LogP contribution < -0.4 is 5.32 Å². The molecule has 0 saturated heterocycles. The zero-order valence-corrected chi connectivity index (χ0v) is 12.9. The standard InChI is InChI=1S/C17H17NO2S/c1-3-15-8-9-16(21-15)17(20)18-14-7-6-13(5-4-10-19)12(2)11-14/h6-9,11,19H,3,10H2,1-2H3,(H,18,20). The van der Waals surface area contributed by atoms with Crippen molar-refractivity contribution in [3.05, 3.63) is 51.2 Å². The van der Waals surface area contributed by atoms with Gasteiger partial charge in [-0.2, -0.15) is 0 Å². The third kappa shape index (κ3) is 3.94. The molecule has 1 aromatic heterocycles. The summed E-state index contributed by atoms with van der Waals surface area (Å²) in [6.45, 7) is 3.84. The number of hydrogen-bond acceptors (Lipinski definition) is 3. The number of benzene rings is 1. The Bertz CT molecular complexity index is 707. The maximum absolute atomic E-state index is 12.1. The monoisotopic (exact) mass is 299 g/mol. The van der Waals surface area contributed by atoms with Crippen molar-refractivity contribution in [2.24, 2.45) is 0 Å². The van der Waals surface area contributed by atoms with Gasteiger partial charge in [0.05, 0.1) is 4.88 Å². The highest BCUT2D eigenvalue weighted by Gasteiger charge is 2.09. The van der Waals surface area contributed by atoms with Crippen molar-refractivity contribution in [2.45, 2.75) is 20.3 Å². The first kappa shape index (κ1) is 15.3. The lowest BCUT2D eigenvalue weighted by Crippen LogP contribution is -2.10. The molecule has 2 aromatic rings. The third-order valence-corrected chi connectivity index (χ3v) is 4.25. The van der Waals surface area contributed by atoms with Gasteiger partial charge in [0.2, 0.25) is 0 Å². The number of aliphatic hydroxyl groups excluding tert-OH is 1. The summed E-state index contributed by atoms with van der Waals surface area (Å²) in [5.74, 6) is 5.41. The van der Waals surface area contributed by atoms with Gasteiger partial charge in [0, 0.05) is 16.1 Å². The Balaban J connectivity index is 2.12. The Morgan fingerprint density at radius 2 is 2.14 bits per heavy atom. The second kappa shape index (κ2) is 7.07. The lowest BCUT2D eigenvalue weighted by atomic mass is 10.1. The lowest BCUT2D eigenvalue weighted by molar-refractivity contribution is 0.103. The molecule has 0 unspecified atom stereocenters. The highest BCUT2D eigenvalue weighted by molar-refractivity contribution is 7.14. The van der Waals surface area contributed by atoms with E-state index in [4.69, 9.17) is 5.11 Å². The minimum Gasteiger partial charge on any atom is -0.384 e. The molecule has 0 aliphatic carbocycles. The van der Waals surface area contributed by atoms with Crippen molar-refractivity contribution in [1.29, 1.82) is 0 Å². The molecule has 2 N–H and O–H groups in total. The third-order valence-electron chi connectivity index (χ3n) is 3.02. The van der Waals surface area contributed by atoms with E-state index in [2.05, 4.69) is 24.1 Å². The highest BCUT2D eigenvalue weighted by Crippen LogP contribution is 2.20. The average molecular weight is 299 g/mol. The summed E-state index contributed by atoms with van der Waals surface area (Å²) in [6.07, 6.45) is 0.940. The zero-order valence-electron chi connectivity index (χ0n) is 12.1. The largest absolute Gasteiger partial charge is 0.384 e. The van der Waals surface area contributed by atoms with Crippen LogP contribution in [0.2, 0.25) is 0 Å². The van der Waals surface area contributed by atoms with Crippen LogP contribution in [-0.2, 0) is 6.42 Å². The van der Waals surface area contributed by atoms with Gasteiger partial charge in [-0.15, -0.1) is 11.3 Å². The maximum Gasteiger partial charge on any atom is 0.265 e. The fourth-order valence-corrected chi connectivity index (χ4v) is 2.74. The molecule has 1 heterocycles. The predicted molar refractivity (Wildman–Crippen MR) is 86.8 cm³/mol. The number of carbonyl (C=O) groups is 1. The van der Waals surface area contributed by atoms with Crippen molar-refractivity contribution >= 4 is 22.9 Å². The van der Waals surface area contributed by atoms with Crippen molar-refractivity contribution in [1.82, 2.24) is 0 Å². The summed E-state index contributed by atoms with van der Waals surface area (Å²) in [6, 6.07) is 9.39. The normalized spacial score (nSPS) is 9.86. The predicted octanol–water partition coefficient (Wildman–Crippen LogP) is 3.22. The number of aryl methyl sites for hydroxylation is 2. The van der Waals surface area contributed by atoms with Gasteiger partial charge in [0.25, 0.3) is 5.91 Å². The first-order valence-electron chi connectivity index (χ1n) is 6.74. The van der Waals surface area contributed by atoms with Gasteiger partial charge in [-0.25, -0.2) is 0 Å². The molecule has 1 aromatic carbocycles. The second-order valence-corrected chi connectivity index (χ2v) is 5.73. The number of anilines is 1. The maximum atomic E-state index is 12.1. The van der Waals surface area contributed by atoms with E-state index in [0.717, 1.165) is 23.2 Å². The van der Waals surface area contributed by atoms with Gasteiger partial charge in [-0.1, -0.05) is 18.8 Å². The molecular weight excluding hydrogens is 282 g/mol. The van der Waals surface area contributed by atoms with Gasteiger partial charge in [0.1, 0.15) is 6.61 Å². The van der Waals surface area contributed by atoms with Gasteiger partial charge in [-0.05, 0) is 49.2 Å². The molecule has 0 radical (unpaired) electrons. The van der Waals surface area contributed by atoms with E-state index in [9.17, 15) is 4.79 Å². The molecule has 108 valence electrons. The summed E-state index contributed by atoms with van der Waals surface area (Å²) in [4.78, 5) is 14.1. The van der Waals surface area contributed by atoms with Gasteiger partial charge >= 0.3 is 0 Å². The first-order chi connectivity index (χ1) is 10.1. The minimum absolute atomic E-state index is 0.0895.